The minimum Gasteiger partial charge on any atom is -0.369 e. The van der Waals surface area contributed by atoms with Crippen LogP contribution in [0.15, 0.2) is 30.3 Å². The predicted molar refractivity (Wildman–Crippen MR) is 106 cm³/mol. The molecule has 1 saturated heterocycles. The van der Waals surface area contributed by atoms with E-state index >= 15 is 0 Å². The molecule has 1 amide bonds. The predicted octanol–water partition coefficient (Wildman–Crippen LogP) is 4.64. The van der Waals surface area contributed by atoms with Crippen LogP contribution >= 0.6 is 22.9 Å². The number of nitrogens with one attached hydrogen (secondary N) is 2. The molecule has 0 aliphatic carbocycles. The van der Waals surface area contributed by atoms with E-state index in [1.54, 1.807) is 11.3 Å². The molecule has 3 atom stereocenters. The molecule has 1 fully saturated rings. The normalized spacial score (nSPS) is 28.0. The summed E-state index contributed by atoms with van der Waals surface area (Å²) in [6.07, 6.45) is 2.79. The Morgan fingerprint density at radius 3 is 2.85 bits per heavy atom. The summed E-state index contributed by atoms with van der Waals surface area (Å²) in [6, 6.07) is 10.7. The molecule has 1 aromatic heterocycles. The zero-order valence-corrected chi connectivity index (χ0v) is 16.5. The molecule has 2 N–H and O–H groups in total. The van der Waals surface area contributed by atoms with Crippen molar-refractivity contribution in [2.24, 2.45) is 0 Å². The Balaban J connectivity index is 1.62. The van der Waals surface area contributed by atoms with Gasteiger partial charge in [-0.3, -0.25) is 4.79 Å². The Kier molecular flexibility index (Phi) is 4.82. The van der Waals surface area contributed by atoms with Crippen LogP contribution in [0.5, 0.6) is 0 Å². The highest BCUT2D eigenvalue weighted by molar-refractivity contribution is 7.16. The molecule has 3 heterocycles. The van der Waals surface area contributed by atoms with Gasteiger partial charge in [-0.25, -0.2) is 0 Å². The minimum atomic E-state index is -0.253. The van der Waals surface area contributed by atoms with E-state index in [9.17, 15) is 4.79 Å². The largest absolute Gasteiger partial charge is 0.369 e. The molecular formula is C20H23ClN2O2S. The van der Waals surface area contributed by atoms with Crippen LogP contribution in [-0.2, 0) is 21.6 Å². The molecule has 4 nitrogen and oxygen atoms in total. The van der Waals surface area contributed by atoms with Gasteiger partial charge in [0.15, 0.2) is 0 Å². The Morgan fingerprint density at radius 2 is 2.12 bits per heavy atom. The lowest BCUT2D eigenvalue weighted by Gasteiger charge is -2.46. The maximum atomic E-state index is 11.2. The van der Waals surface area contributed by atoms with Gasteiger partial charge in [-0.2, -0.15) is 0 Å². The van der Waals surface area contributed by atoms with Gasteiger partial charge in [0.2, 0.25) is 5.91 Å². The molecule has 4 rings (SSSR count). The van der Waals surface area contributed by atoms with Gasteiger partial charge in [-0.05, 0) is 49.1 Å². The Morgan fingerprint density at radius 1 is 1.35 bits per heavy atom. The number of anilines is 1. The van der Waals surface area contributed by atoms with Gasteiger partial charge in [-0.1, -0.05) is 23.7 Å². The molecule has 0 bridgehead atoms. The third kappa shape index (κ3) is 3.41. The van der Waals surface area contributed by atoms with E-state index in [-0.39, 0.29) is 17.6 Å². The molecule has 0 saturated carbocycles. The number of thiophene rings is 1. The minimum absolute atomic E-state index is 0.0566. The van der Waals surface area contributed by atoms with Gasteiger partial charge < -0.3 is 15.4 Å². The van der Waals surface area contributed by atoms with Gasteiger partial charge in [0.25, 0.3) is 0 Å². The summed E-state index contributed by atoms with van der Waals surface area (Å²) in [6.45, 7) is 4.49. The molecule has 26 heavy (non-hydrogen) atoms. The molecule has 2 aliphatic heterocycles. The van der Waals surface area contributed by atoms with Crippen LogP contribution in [0.2, 0.25) is 4.34 Å². The van der Waals surface area contributed by atoms with Gasteiger partial charge in [0.05, 0.1) is 10.9 Å². The summed E-state index contributed by atoms with van der Waals surface area (Å²) < 4.78 is 7.25. The highest BCUT2D eigenvalue weighted by atomic mass is 35.5. The van der Waals surface area contributed by atoms with Crippen LogP contribution in [0.1, 0.15) is 48.7 Å². The lowest BCUT2D eigenvalue weighted by Crippen LogP contribution is -2.49. The Labute approximate surface area is 162 Å². The summed E-state index contributed by atoms with van der Waals surface area (Å²) in [5, 5.41) is 6.53. The van der Waals surface area contributed by atoms with Crippen LogP contribution in [0.4, 0.5) is 5.69 Å². The molecule has 2 aromatic rings. The SMILES string of the molecule is CC(=O)Nc1ccc([C@@H]2C[C@]3(C[C@H](C)N2)OCCc2cc(Cl)sc23)cc1. The fraction of sp³-hybridized carbons (Fsp3) is 0.450. The zero-order chi connectivity index (χ0) is 18.3. The smallest absolute Gasteiger partial charge is 0.221 e. The van der Waals surface area contributed by atoms with Crippen LogP contribution < -0.4 is 10.6 Å². The van der Waals surface area contributed by atoms with E-state index in [2.05, 4.69) is 35.8 Å². The first kappa shape index (κ1) is 18.0. The van der Waals surface area contributed by atoms with Crippen molar-refractivity contribution in [1.82, 2.24) is 5.32 Å². The van der Waals surface area contributed by atoms with Crippen molar-refractivity contribution < 1.29 is 9.53 Å². The van der Waals surface area contributed by atoms with Crippen molar-refractivity contribution in [1.29, 1.82) is 0 Å². The fourth-order valence-corrected chi connectivity index (χ4v) is 5.74. The van der Waals surface area contributed by atoms with Crippen LogP contribution in [0.25, 0.3) is 0 Å². The number of hydrogen-bond donors (Lipinski definition) is 2. The van der Waals surface area contributed by atoms with Crippen LogP contribution in [0, 0.1) is 0 Å². The fourth-order valence-electron chi connectivity index (χ4n) is 4.28. The van der Waals surface area contributed by atoms with Gasteiger partial charge in [0.1, 0.15) is 5.60 Å². The third-order valence-electron chi connectivity index (χ3n) is 5.23. The summed E-state index contributed by atoms with van der Waals surface area (Å²) in [5.41, 5.74) is 3.13. The average molecular weight is 391 g/mol. The summed E-state index contributed by atoms with van der Waals surface area (Å²) in [7, 11) is 0. The van der Waals surface area contributed by atoms with Crippen molar-refractivity contribution >= 4 is 34.5 Å². The van der Waals surface area contributed by atoms with Gasteiger partial charge in [-0.15, -0.1) is 11.3 Å². The lowest BCUT2D eigenvalue weighted by atomic mass is 9.78. The molecule has 1 aromatic carbocycles. The number of ether oxygens (including phenoxy) is 1. The molecule has 6 heteroatoms. The number of fused-ring (bicyclic) bond motifs is 2. The van der Waals surface area contributed by atoms with E-state index in [0.717, 1.165) is 35.9 Å². The maximum absolute atomic E-state index is 11.2. The monoisotopic (exact) mass is 390 g/mol. The van der Waals surface area contributed by atoms with Crippen molar-refractivity contribution in [2.75, 3.05) is 11.9 Å². The number of carbonyl (C=O) groups excluding carboxylic acids is 1. The number of benzene rings is 1. The highest BCUT2D eigenvalue weighted by Crippen LogP contribution is 2.50. The highest BCUT2D eigenvalue weighted by Gasteiger charge is 2.46. The Hall–Kier alpha value is -1.40. The Bertz CT molecular complexity index is 820. The van der Waals surface area contributed by atoms with Crippen LogP contribution in [0.3, 0.4) is 0 Å². The average Bonchev–Trinajstić information content (AvgIpc) is 2.97. The second-order valence-electron chi connectivity index (χ2n) is 7.33. The standard InChI is InChI=1S/C20H23ClN2O2S/c1-12-10-20(19-15(7-8-25-20)9-18(21)26-19)11-17(22-12)14-3-5-16(6-4-14)23-13(2)24/h3-6,9,12,17,22H,7-8,10-11H2,1-2H3,(H,23,24)/t12-,17-,20-/m0/s1. The topological polar surface area (TPSA) is 50.4 Å². The summed E-state index contributed by atoms with van der Waals surface area (Å²) in [4.78, 5) is 12.5. The molecule has 0 unspecified atom stereocenters. The first-order valence-electron chi connectivity index (χ1n) is 9.01. The molecule has 138 valence electrons. The molecule has 2 aliphatic rings. The number of amides is 1. The maximum Gasteiger partial charge on any atom is 0.221 e. The number of hydrogen-bond acceptors (Lipinski definition) is 4. The van der Waals surface area contributed by atoms with Crippen LogP contribution in [-0.4, -0.2) is 18.6 Å². The van der Waals surface area contributed by atoms with Gasteiger partial charge >= 0.3 is 0 Å². The second kappa shape index (κ2) is 6.97. The number of rotatable bonds is 2. The number of halogens is 1. The summed E-state index contributed by atoms with van der Waals surface area (Å²) >= 11 is 7.98. The second-order valence-corrected chi connectivity index (χ2v) is 9.01. The zero-order valence-electron chi connectivity index (χ0n) is 15.0. The molecular weight excluding hydrogens is 368 g/mol. The van der Waals surface area contributed by atoms with Crippen molar-refractivity contribution in [3.05, 3.63) is 50.7 Å². The quantitative estimate of drug-likeness (QED) is 0.785. The van der Waals surface area contributed by atoms with E-state index in [1.165, 1.54) is 22.9 Å². The first-order valence-corrected chi connectivity index (χ1v) is 10.2. The first-order chi connectivity index (χ1) is 12.4. The summed E-state index contributed by atoms with van der Waals surface area (Å²) in [5.74, 6) is -0.0566. The van der Waals surface area contributed by atoms with Gasteiger partial charge in [0, 0.05) is 36.0 Å². The molecule has 0 radical (unpaired) electrons. The third-order valence-corrected chi connectivity index (χ3v) is 6.72. The van der Waals surface area contributed by atoms with E-state index in [0.29, 0.717) is 6.04 Å². The van der Waals surface area contributed by atoms with Crippen molar-refractivity contribution in [2.45, 2.75) is 50.8 Å². The van der Waals surface area contributed by atoms with E-state index in [4.69, 9.17) is 16.3 Å². The van der Waals surface area contributed by atoms with Crippen molar-refractivity contribution in [3.63, 3.8) is 0 Å². The molecule has 1 spiro atoms. The van der Waals surface area contributed by atoms with E-state index in [1.807, 2.05) is 12.1 Å². The van der Waals surface area contributed by atoms with E-state index < -0.39 is 0 Å². The lowest BCUT2D eigenvalue weighted by molar-refractivity contribution is -0.114. The van der Waals surface area contributed by atoms with Crippen molar-refractivity contribution in [3.8, 4) is 0 Å². The number of carbonyl (C=O) groups is 1. The number of piperidine rings is 1.